The van der Waals surface area contributed by atoms with Gasteiger partial charge >= 0.3 is 0 Å². The van der Waals surface area contributed by atoms with Crippen molar-refractivity contribution in [2.45, 2.75) is 33.1 Å². The summed E-state index contributed by atoms with van der Waals surface area (Å²) in [5.74, 6) is 0.304. The number of likely N-dealkylation sites (tertiary alicyclic amines) is 1. The number of carbonyl (C=O) groups is 2. The van der Waals surface area contributed by atoms with E-state index in [1.807, 2.05) is 6.20 Å². The molecule has 5 nitrogen and oxygen atoms in total. The minimum Gasteiger partial charge on any atom is -0.342 e. The van der Waals surface area contributed by atoms with Crippen LogP contribution in [0.2, 0.25) is 0 Å². The van der Waals surface area contributed by atoms with E-state index in [9.17, 15) is 9.59 Å². The lowest BCUT2D eigenvalue weighted by Gasteiger charge is -2.13. The third-order valence-electron chi connectivity index (χ3n) is 3.33. The highest BCUT2D eigenvalue weighted by Gasteiger charge is 2.29. The molecule has 1 aliphatic rings. The maximum Gasteiger partial charge on any atom is 0.231 e. The van der Waals surface area contributed by atoms with E-state index in [1.54, 1.807) is 4.90 Å². The van der Waals surface area contributed by atoms with Crippen LogP contribution in [0, 0.1) is 5.92 Å². The average Bonchev–Trinajstić information content (AvgIpc) is 2.96. The molecule has 0 aliphatic carbocycles. The minimum atomic E-state index is -0.115. The highest BCUT2D eigenvalue weighted by atomic mass is 32.1. The maximum absolute atomic E-state index is 12.1. The number of thiazole rings is 1. The van der Waals surface area contributed by atoms with E-state index in [0.29, 0.717) is 24.1 Å². The highest BCUT2D eigenvalue weighted by molar-refractivity contribution is 7.15. The molecule has 1 saturated heterocycles. The predicted octanol–water partition coefficient (Wildman–Crippen LogP) is 2.07. The Morgan fingerprint density at radius 2 is 2.26 bits per heavy atom. The molecule has 0 aromatic carbocycles. The number of carbonyl (C=O) groups excluding carboxylic acids is 2. The zero-order valence-corrected chi connectivity index (χ0v) is 12.3. The van der Waals surface area contributed by atoms with Crippen LogP contribution in [0.15, 0.2) is 6.20 Å². The monoisotopic (exact) mass is 281 g/mol. The van der Waals surface area contributed by atoms with Crippen molar-refractivity contribution in [3.05, 3.63) is 11.1 Å². The molecule has 1 aromatic rings. The Kier molecular flexibility index (Phi) is 4.19. The fourth-order valence-corrected chi connectivity index (χ4v) is 2.90. The van der Waals surface area contributed by atoms with Gasteiger partial charge in [0.05, 0.1) is 5.92 Å². The normalized spacial score (nSPS) is 18.9. The molecule has 1 N–H and O–H groups in total. The summed E-state index contributed by atoms with van der Waals surface area (Å²) in [6, 6.07) is 0. The second kappa shape index (κ2) is 5.69. The summed E-state index contributed by atoms with van der Waals surface area (Å²) in [6.45, 7) is 6.92. The van der Waals surface area contributed by atoms with Crippen molar-refractivity contribution in [1.82, 2.24) is 9.88 Å². The van der Waals surface area contributed by atoms with E-state index in [0.717, 1.165) is 11.3 Å². The third-order valence-corrected chi connectivity index (χ3v) is 4.54. The van der Waals surface area contributed by atoms with Gasteiger partial charge in [0.15, 0.2) is 5.13 Å². The molecule has 19 heavy (non-hydrogen) atoms. The number of hydrogen-bond donors (Lipinski definition) is 1. The third kappa shape index (κ3) is 3.32. The van der Waals surface area contributed by atoms with Crippen LogP contribution in [0.3, 0.4) is 0 Å². The van der Waals surface area contributed by atoms with Crippen LogP contribution in [0.5, 0.6) is 0 Å². The van der Waals surface area contributed by atoms with Gasteiger partial charge in [-0.05, 0) is 12.3 Å². The topological polar surface area (TPSA) is 62.3 Å². The van der Waals surface area contributed by atoms with Crippen molar-refractivity contribution in [3.8, 4) is 0 Å². The van der Waals surface area contributed by atoms with E-state index in [4.69, 9.17) is 0 Å². The maximum atomic E-state index is 12.1. The van der Waals surface area contributed by atoms with Gasteiger partial charge in [0, 0.05) is 31.1 Å². The average molecular weight is 281 g/mol. The molecule has 1 fully saturated rings. The number of amides is 2. The first-order valence-corrected chi connectivity index (χ1v) is 7.31. The molecule has 0 saturated carbocycles. The largest absolute Gasteiger partial charge is 0.342 e. The molecule has 2 heterocycles. The Balaban J connectivity index is 1.92. The number of aromatic nitrogens is 1. The van der Waals surface area contributed by atoms with Crippen molar-refractivity contribution >= 4 is 28.3 Å². The Morgan fingerprint density at radius 3 is 2.79 bits per heavy atom. The van der Waals surface area contributed by atoms with Crippen LogP contribution < -0.4 is 5.32 Å². The Labute approximate surface area is 117 Å². The summed E-state index contributed by atoms with van der Waals surface area (Å²) in [4.78, 5) is 30.4. The molecule has 0 unspecified atom stereocenters. The van der Waals surface area contributed by atoms with Crippen LogP contribution in [0.1, 0.15) is 38.0 Å². The van der Waals surface area contributed by atoms with Crippen LogP contribution in [-0.4, -0.2) is 34.8 Å². The van der Waals surface area contributed by atoms with E-state index in [-0.39, 0.29) is 17.7 Å². The molecule has 2 rings (SSSR count). The lowest BCUT2D eigenvalue weighted by Crippen LogP contribution is -2.29. The number of rotatable bonds is 3. The number of hydrogen-bond acceptors (Lipinski definition) is 4. The lowest BCUT2D eigenvalue weighted by molar-refractivity contribution is -0.128. The molecule has 6 heteroatoms. The molecule has 104 valence electrons. The molecule has 1 aromatic heterocycles. The van der Waals surface area contributed by atoms with Gasteiger partial charge in [-0.2, -0.15) is 0 Å². The summed E-state index contributed by atoms with van der Waals surface area (Å²) in [5.41, 5.74) is 0. The second-order valence-corrected chi connectivity index (χ2v) is 6.22. The van der Waals surface area contributed by atoms with Gasteiger partial charge in [-0.15, -0.1) is 11.3 Å². The van der Waals surface area contributed by atoms with Gasteiger partial charge in [0.2, 0.25) is 11.8 Å². The van der Waals surface area contributed by atoms with Gasteiger partial charge in [0.25, 0.3) is 0 Å². The van der Waals surface area contributed by atoms with Gasteiger partial charge in [-0.25, -0.2) is 4.98 Å². The molecular weight excluding hydrogens is 262 g/mol. The van der Waals surface area contributed by atoms with Crippen LogP contribution >= 0.6 is 11.3 Å². The van der Waals surface area contributed by atoms with Crippen molar-refractivity contribution in [1.29, 1.82) is 0 Å². The molecule has 2 amide bonds. The van der Waals surface area contributed by atoms with Crippen LogP contribution in [0.25, 0.3) is 0 Å². The molecule has 0 bridgehead atoms. The number of anilines is 1. The standard InChI is InChI=1S/C13H19N3O2S/c1-8(2)11-6-14-13(19-11)15-12(18)10-4-5-16(7-10)9(3)17/h6,8,10H,4-5,7H2,1-3H3,(H,14,15,18)/t10-/m0/s1. The Hall–Kier alpha value is -1.43. The first-order chi connectivity index (χ1) is 8.97. The van der Waals surface area contributed by atoms with Crippen LogP contribution in [-0.2, 0) is 9.59 Å². The summed E-state index contributed by atoms with van der Waals surface area (Å²) in [5, 5.41) is 3.50. The first kappa shape index (κ1) is 14.0. The zero-order chi connectivity index (χ0) is 14.0. The summed E-state index contributed by atoms with van der Waals surface area (Å²) in [6.07, 6.45) is 2.54. The fourth-order valence-electron chi connectivity index (χ4n) is 2.08. The molecule has 0 radical (unpaired) electrons. The molecular formula is C13H19N3O2S. The quantitative estimate of drug-likeness (QED) is 0.922. The molecule has 1 atom stereocenters. The first-order valence-electron chi connectivity index (χ1n) is 6.49. The van der Waals surface area contributed by atoms with Gasteiger partial charge in [-0.3, -0.25) is 9.59 Å². The van der Waals surface area contributed by atoms with E-state index in [2.05, 4.69) is 24.1 Å². The van der Waals surface area contributed by atoms with Gasteiger partial charge in [-0.1, -0.05) is 13.8 Å². The molecule has 1 aliphatic heterocycles. The number of nitrogens with zero attached hydrogens (tertiary/aromatic N) is 2. The summed E-state index contributed by atoms with van der Waals surface area (Å²) in [7, 11) is 0. The number of nitrogens with one attached hydrogen (secondary N) is 1. The Bertz CT molecular complexity index is 484. The highest BCUT2D eigenvalue weighted by Crippen LogP contribution is 2.26. The predicted molar refractivity (Wildman–Crippen MR) is 75.2 cm³/mol. The second-order valence-electron chi connectivity index (χ2n) is 5.16. The van der Waals surface area contributed by atoms with Gasteiger partial charge < -0.3 is 10.2 Å². The SMILES string of the molecule is CC(=O)N1CC[C@H](C(=O)Nc2ncc(C(C)C)s2)C1. The lowest BCUT2D eigenvalue weighted by atomic mass is 10.1. The molecule has 0 spiro atoms. The summed E-state index contributed by atoms with van der Waals surface area (Å²) >= 11 is 1.51. The van der Waals surface area contributed by atoms with Crippen molar-refractivity contribution in [2.24, 2.45) is 5.92 Å². The van der Waals surface area contributed by atoms with E-state index < -0.39 is 0 Å². The van der Waals surface area contributed by atoms with Crippen molar-refractivity contribution in [3.63, 3.8) is 0 Å². The van der Waals surface area contributed by atoms with E-state index >= 15 is 0 Å². The van der Waals surface area contributed by atoms with Crippen molar-refractivity contribution in [2.75, 3.05) is 18.4 Å². The zero-order valence-electron chi connectivity index (χ0n) is 11.5. The van der Waals surface area contributed by atoms with Crippen molar-refractivity contribution < 1.29 is 9.59 Å². The van der Waals surface area contributed by atoms with Crippen LogP contribution in [0.4, 0.5) is 5.13 Å². The smallest absolute Gasteiger partial charge is 0.231 e. The minimum absolute atomic E-state index is 0.0339. The van der Waals surface area contributed by atoms with Gasteiger partial charge in [0.1, 0.15) is 0 Å². The Morgan fingerprint density at radius 1 is 1.53 bits per heavy atom. The van der Waals surface area contributed by atoms with E-state index in [1.165, 1.54) is 18.3 Å². The summed E-state index contributed by atoms with van der Waals surface area (Å²) < 4.78 is 0. The fraction of sp³-hybridized carbons (Fsp3) is 0.615.